The summed E-state index contributed by atoms with van der Waals surface area (Å²) in [6.07, 6.45) is 1.62. The van der Waals surface area contributed by atoms with E-state index in [1.807, 2.05) is 4.90 Å². The van der Waals surface area contributed by atoms with Crippen LogP contribution in [-0.4, -0.2) is 37.0 Å². The van der Waals surface area contributed by atoms with Crippen LogP contribution in [-0.2, 0) is 4.79 Å². The van der Waals surface area contributed by atoms with E-state index >= 15 is 0 Å². The third-order valence-electron chi connectivity index (χ3n) is 4.30. The number of amides is 1. The maximum atomic E-state index is 12.0. The molecule has 0 spiro atoms. The monoisotopic (exact) mass is 288 g/mol. The van der Waals surface area contributed by atoms with Gasteiger partial charge < -0.3 is 9.80 Å². The van der Waals surface area contributed by atoms with Gasteiger partial charge in [-0.1, -0.05) is 39.0 Å². The Balaban J connectivity index is 2.11. The summed E-state index contributed by atoms with van der Waals surface area (Å²) >= 11 is 0. The molecule has 0 bridgehead atoms. The number of para-hydroxylation sites is 1. The highest BCUT2D eigenvalue weighted by Crippen LogP contribution is 2.31. The molecule has 116 valence electrons. The van der Waals surface area contributed by atoms with Crippen LogP contribution in [0.15, 0.2) is 18.2 Å². The summed E-state index contributed by atoms with van der Waals surface area (Å²) in [4.78, 5) is 16.5. The fourth-order valence-corrected chi connectivity index (χ4v) is 3.13. The average molecular weight is 288 g/mol. The first kappa shape index (κ1) is 15.9. The molecular weight excluding hydrogens is 260 g/mol. The second-order valence-corrected chi connectivity index (χ2v) is 6.29. The summed E-state index contributed by atoms with van der Waals surface area (Å²) in [5, 5.41) is 0. The van der Waals surface area contributed by atoms with Gasteiger partial charge in [0.25, 0.3) is 0 Å². The van der Waals surface area contributed by atoms with Crippen molar-refractivity contribution < 1.29 is 4.79 Å². The molecule has 21 heavy (non-hydrogen) atoms. The van der Waals surface area contributed by atoms with Crippen LogP contribution in [0.3, 0.4) is 0 Å². The van der Waals surface area contributed by atoms with Crippen LogP contribution < -0.4 is 4.90 Å². The maximum Gasteiger partial charge on any atom is 0.222 e. The smallest absolute Gasteiger partial charge is 0.222 e. The van der Waals surface area contributed by atoms with E-state index in [2.05, 4.69) is 50.8 Å². The molecule has 0 unspecified atom stereocenters. The van der Waals surface area contributed by atoms with Crippen molar-refractivity contribution in [1.29, 1.82) is 0 Å². The van der Waals surface area contributed by atoms with Gasteiger partial charge in [-0.2, -0.15) is 0 Å². The third kappa shape index (κ3) is 3.58. The number of benzene rings is 1. The van der Waals surface area contributed by atoms with E-state index in [0.717, 1.165) is 32.6 Å². The van der Waals surface area contributed by atoms with Crippen molar-refractivity contribution in [2.24, 2.45) is 0 Å². The Labute approximate surface area is 128 Å². The Morgan fingerprint density at radius 1 is 1.19 bits per heavy atom. The van der Waals surface area contributed by atoms with E-state index in [-0.39, 0.29) is 0 Å². The first-order chi connectivity index (χ1) is 10.0. The summed E-state index contributed by atoms with van der Waals surface area (Å²) in [5.41, 5.74) is 4.15. The lowest BCUT2D eigenvalue weighted by Crippen LogP contribution is -2.49. The summed E-state index contributed by atoms with van der Waals surface area (Å²) < 4.78 is 0. The van der Waals surface area contributed by atoms with Crippen LogP contribution in [0.2, 0.25) is 0 Å². The van der Waals surface area contributed by atoms with Gasteiger partial charge in [-0.05, 0) is 30.4 Å². The molecule has 3 nitrogen and oxygen atoms in total. The summed E-state index contributed by atoms with van der Waals surface area (Å²) in [6.45, 7) is 12.3. The second-order valence-electron chi connectivity index (χ2n) is 6.29. The molecule has 1 aliphatic heterocycles. The molecule has 3 heteroatoms. The number of nitrogens with zero attached hydrogens (tertiary/aromatic N) is 2. The number of piperazine rings is 1. The van der Waals surface area contributed by atoms with Crippen LogP contribution in [0.25, 0.3) is 0 Å². The molecular formula is C18H28N2O. The molecule has 1 aliphatic rings. The lowest BCUT2D eigenvalue weighted by atomic mass is 9.97. The topological polar surface area (TPSA) is 23.6 Å². The molecule has 1 aromatic carbocycles. The van der Waals surface area contributed by atoms with Gasteiger partial charge in [-0.25, -0.2) is 0 Å². The largest absolute Gasteiger partial charge is 0.368 e. The summed E-state index contributed by atoms with van der Waals surface area (Å²) in [6, 6.07) is 6.58. The van der Waals surface area contributed by atoms with Crippen molar-refractivity contribution in [1.82, 2.24) is 4.90 Å². The van der Waals surface area contributed by atoms with Crippen molar-refractivity contribution in [3.8, 4) is 0 Å². The zero-order valence-electron chi connectivity index (χ0n) is 13.9. The Morgan fingerprint density at radius 3 is 2.43 bits per heavy atom. The normalized spacial score (nSPS) is 15.7. The van der Waals surface area contributed by atoms with Crippen LogP contribution in [0.5, 0.6) is 0 Å². The highest BCUT2D eigenvalue weighted by Gasteiger charge is 2.23. The molecule has 2 rings (SSSR count). The van der Waals surface area contributed by atoms with Crippen LogP contribution in [0.1, 0.15) is 50.7 Å². The van der Waals surface area contributed by atoms with Gasteiger partial charge in [0, 0.05) is 38.3 Å². The molecule has 1 aromatic rings. The van der Waals surface area contributed by atoms with Crippen LogP contribution in [0, 0.1) is 6.92 Å². The Hall–Kier alpha value is -1.51. The molecule has 0 aromatic heterocycles. The SMILES string of the molecule is CCCC(=O)N1CCN(c2c(C)cccc2C(C)C)CC1. The van der Waals surface area contributed by atoms with E-state index in [1.54, 1.807) is 0 Å². The summed E-state index contributed by atoms with van der Waals surface area (Å²) in [5.74, 6) is 0.839. The molecule has 0 atom stereocenters. The van der Waals surface area contributed by atoms with Crippen molar-refractivity contribution >= 4 is 11.6 Å². The van der Waals surface area contributed by atoms with E-state index < -0.39 is 0 Å². The number of carbonyl (C=O) groups excluding carboxylic acids is 1. The minimum Gasteiger partial charge on any atom is -0.368 e. The number of aryl methyl sites for hydroxylation is 1. The lowest BCUT2D eigenvalue weighted by molar-refractivity contribution is -0.131. The highest BCUT2D eigenvalue weighted by molar-refractivity contribution is 5.76. The Bertz CT molecular complexity index is 488. The average Bonchev–Trinajstić information content (AvgIpc) is 2.47. The fraction of sp³-hybridized carbons (Fsp3) is 0.611. The van der Waals surface area contributed by atoms with E-state index in [1.165, 1.54) is 16.8 Å². The third-order valence-corrected chi connectivity index (χ3v) is 4.30. The van der Waals surface area contributed by atoms with Gasteiger partial charge in [0.15, 0.2) is 0 Å². The standard InChI is InChI=1S/C18H28N2O/c1-5-7-17(21)19-10-12-20(13-11-19)18-15(4)8-6-9-16(18)14(2)3/h6,8-9,14H,5,7,10-13H2,1-4H3. The predicted octanol–water partition coefficient (Wildman–Crippen LogP) is 3.57. The van der Waals surface area contributed by atoms with Crippen molar-refractivity contribution in [2.75, 3.05) is 31.1 Å². The molecule has 1 amide bonds. The first-order valence-electron chi connectivity index (χ1n) is 8.16. The predicted molar refractivity (Wildman–Crippen MR) is 89.0 cm³/mol. The fourth-order valence-electron chi connectivity index (χ4n) is 3.13. The van der Waals surface area contributed by atoms with E-state index in [4.69, 9.17) is 0 Å². The van der Waals surface area contributed by atoms with Crippen LogP contribution >= 0.6 is 0 Å². The van der Waals surface area contributed by atoms with Crippen LogP contribution in [0.4, 0.5) is 5.69 Å². The number of hydrogen-bond donors (Lipinski definition) is 0. The first-order valence-corrected chi connectivity index (χ1v) is 8.16. The lowest BCUT2D eigenvalue weighted by Gasteiger charge is -2.38. The zero-order valence-corrected chi connectivity index (χ0v) is 13.9. The number of rotatable bonds is 4. The summed E-state index contributed by atoms with van der Waals surface area (Å²) in [7, 11) is 0. The van der Waals surface area contributed by atoms with Gasteiger partial charge in [-0.3, -0.25) is 4.79 Å². The second kappa shape index (κ2) is 6.97. The molecule has 1 fully saturated rings. The Kier molecular flexibility index (Phi) is 5.27. The van der Waals surface area contributed by atoms with Gasteiger partial charge in [-0.15, -0.1) is 0 Å². The van der Waals surface area contributed by atoms with E-state index in [9.17, 15) is 4.79 Å². The quantitative estimate of drug-likeness (QED) is 0.845. The van der Waals surface area contributed by atoms with Gasteiger partial charge in [0.05, 0.1) is 0 Å². The minimum atomic E-state index is 0.311. The van der Waals surface area contributed by atoms with Gasteiger partial charge >= 0.3 is 0 Å². The van der Waals surface area contributed by atoms with Crippen molar-refractivity contribution in [2.45, 2.75) is 46.5 Å². The molecule has 0 saturated carbocycles. The van der Waals surface area contributed by atoms with E-state index in [0.29, 0.717) is 18.2 Å². The van der Waals surface area contributed by atoms with Gasteiger partial charge in [0.2, 0.25) is 5.91 Å². The molecule has 1 heterocycles. The van der Waals surface area contributed by atoms with Gasteiger partial charge in [0.1, 0.15) is 0 Å². The number of anilines is 1. The highest BCUT2D eigenvalue weighted by atomic mass is 16.2. The zero-order chi connectivity index (χ0) is 15.4. The minimum absolute atomic E-state index is 0.311. The number of carbonyl (C=O) groups is 1. The molecule has 1 saturated heterocycles. The Morgan fingerprint density at radius 2 is 1.86 bits per heavy atom. The molecule has 0 N–H and O–H groups in total. The molecule has 0 aliphatic carbocycles. The van der Waals surface area contributed by atoms with Crippen molar-refractivity contribution in [3.63, 3.8) is 0 Å². The maximum absolute atomic E-state index is 12.0. The molecule has 0 radical (unpaired) electrons. The van der Waals surface area contributed by atoms with Crippen molar-refractivity contribution in [3.05, 3.63) is 29.3 Å². The number of hydrogen-bond acceptors (Lipinski definition) is 2.